The average molecular weight is 291 g/mol. The Bertz CT molecular complexity index is 611. The average Bonchev–Trinajstić information content (AvgIpc) is 2.37. The molecule has 4 heteroatoms. The monoisotopic (exact) mass is 290 g/mol. The van der Waals surface area contributed by atoms with Gasteiger partial charge >= 0.3 is 0 Å². The van der Waals surface area contributed by atoms with Crippen molar-refractivity contribution in [3.05, 3.63) is 58.6 Å². The van der Waals surface area contributed by atoms with Crippen LogP contribution in [-0.4, -0.2) is 5.11 Å². The van der Waals surface area contributed by atoms with Gasteiger partial charge in [0.15, 0.2) is 5.11 Å². The predicted molar refractivity (Wildman–Crippen MR) is 87.2 cm³/mol. The van der Waals surface area contributed by atoms with Crippen LogP contribution >= 0.6 is 23.8 Å². The number of rotatable bonds is 2. The van der Waals surface area contributed by atoms with Crippen LogP contribution in [0.3, 0.4) is 0 Å². The predicted octanol–water partition coefficient (Wildman–Crippen LogP) is 4.77. The summed E-state index contributed by atoms with van der Waals surface area (Å²) in [6.07, 6.45) is 0. The lowest BCUT2D eigenvalue weighted by Gasteiger charge is -2.14. The third-order valence-corrected chi connectivity index (χ3v) is 3.28. The highest BCUT2D eigenvalue weighted by molar-refractivity contribution is 7.80. The van der Waals surface area contributed by atoms with Crippen LogP contribution in [0.2, 0.25) is 5.02 Å². The highest BCUT2D eigenvalue weighted by Crippen LogP contribution is 2.21. The fraction of sp³-hybridized carbons (Fsp3) is 0.133. The van der Waals surface area contributed by atoms with Crippen LogP contribution in [0.5, 0.6) is 0 Å². The summed E-state index contributed by atoms with van der Waals surface area (Å²) in [6, 6.07) is 13.7. The van der Waals surface area contributed by atoms with E-state index in [4.69, 9.17) is 23.8 Å². The van der Waals surface area contributed by atoms with Gasteiger partial charge in [-0.2, -0.15) is 0 Å². The molecule has 2 aromatic carbocycles. The summed E-state index contributed by atoms with van der Waals surface area (Å²) in [4.78, 5) is 0. The third kappa shape index (κ3) is 3.69. The van der Waals surface area contributed by atoms with Gasteiger partial charge in [0.05, 0.1) is 0 Å². The molecule has 2 aromatic rings. The van der Waals surface area contributed by atoms with Crippen LogP contribution in [0.4, 0.5) is 11.4 Å². The minimum absolute atomic E-state index is 0.555. The molecular weight excluding hydrogens is 276 g/mol. The van der Waals surface area contributed by atoms with E-state index in [-0.39, 0.29) is 0 Å². The molecule has 0 aliphatic heterocycles. The van der Waals surface area contributed by atoms with Gasteiger partial charge in [0.2, 0.25) is 0 Å². The minimum atomic E-state index is 0.555. The second-order valence-corrected chi connectivity index (χ2v) is 5.20. The third-order valence-electron chi connectivity index (χ3n) is 2.84. The number of nitrogens with one attached hydrogen (secondary N) is 2. The number of thiocarbonyl (C=S) groups is 1. The van der Waals surface area contributed by atoms with Crippen LogP contribution in [-0.2, 0) is 0 Å². The van der Waals surface area contributed by atoms with Gasteiger partial charge in [-0.1, -0.05) is 35.9 Å². The Hall–Kier alpha value is -1.58. The van der Waals surface area contributed by atoms with Gasteiger partial charge < -0.3 is 10.6 Å². The van der Waals surface area contributed by atoms with Gasteiger partial charge in [-0.15, -0.1) is 0 Å². The second kappa shape index (κ2) is 6.04. The van der Waals surface area contributed by atoms with Crippen molar-refractivity contribution < 1.29 is 0 Å². The molecule has 0 aliphatic carbocycles. The Labute approximate surface area is 123 Å². The Kier molecular flexibility index (Phi) is 4.40. The Morgan fingerprint density at radius 2 is 1.58 bits per heavy atom. The van der Waals surface area contributed by atoms with Crippen LogP contribution in [0.15, 0.2) is 42.5 Å². The van der Waals surface area contributed by atoms with E-state index in [0.717, 1.165) is 22.5 Å². The number of para-hydroxylation sites is 1. The molecule has 0 fully saturated rings. The quantitative estimate of drug-likeness (QED) is 0.779. The van der Waals surface area contributed by atoms with E-state index in [9.17, 15) is 0 Å². The zero-order valence-electron chi connectivity index (χ0n) is 10.8. The van der Waals surface area contributed by atoms with Gasteiger partial charge in [0.25, 0.3) is 0 Å². The molecule has 98 valence electrons. The highest BCUT2D eigenvalue weighted by atomic mass is 35.5. The zero-order valence-corrected chi connectivity index (χ0v) is 12.4. The van der Waals surface area contributed by atoms with Crippen molar-refractivity contribution in [1.29, 1.82) is 0 Å². The van der Waals surface area contributed by atoms with E-state index in [1.165, 1.54) is 0 Å². The lowest BCUT2D eigenvalue weighted by Crippen LogP contribution is -2.20. The molecule has 0 saturated heterocycles. The van der Waals surface area contributed by atoms with Crippen LogP contribution < -0.4 is 10.6 Å². The molecule has 0 saturated carbocycles. The van der Waals surface area contributed by atoms with Crippen molar-refractivity contribution in [3.8, 4) is 0 Å². The molecular formula is C15H15ClN2S. The van der Waals surface area contributed by atoms with Crippen molar-refractivity contribution in [2.75, 3.05) is 10.6 Å². The van der Waals surface area contributed by atoms with Crippen molar-refractivity contribution in [3.63, 3.8) is 0 Å². The summed E-state index contributed by atoms with van der Waals surface area (Å²) < 4.78 is 0. The standard InChI is InChI=1S/C15H15ClN2S/c1-10-5-3-4-6-13(10)17-15(19)18-14-9-12(16)8-7-11(14)2/h3-9H,1-2H3,(H2,17,18,19). The number of halogens is 1. The Morgan fingerprint density at radius 3 is 2.32 bits per heavy atom. The summed E-state index contributed by atoms with van der Waals surface area (Å²) in [5, 5.41) is 7.59. The van der Waals surface area contributed by atoms with E-state index in [1.54, 1.807) is 0 Å². The van der Waals surface area contributed by atoms with Gasteiger partial charge in [-0.25, -0.2) is 0 Å². The number of benzene rings is 2. The fourth-order valence-corrected chi connectivity index (χ4v) is 2.11. The fourth-order valence-electron chi connectivity index (χ4n) is 1.72. The van der Waals surface area contributed by atoms with Gasteiger partial charge in [0.1, 0.15) is 0 Å². The molecule has 2 nitrogen and oxygen atoms in total. The number of hydrogen-bond acceptors (Lipinski definition) is 1. The lowest BCUT2D eigenvalue weighted by molar-refractivity contribution is 1.44. The molecule has 0 bridgehead atoms. The maximum absolute atomic E-state index is 5.98. The van der Waals surface area contributed by atoms with Gasteiger partial charge in [-0.3, -0.25) is 0 Å². The lowest BCUT2D eigenvalue weighted by atomic mass is 10.2. The maximum Gasteiger partial charge on any atom is 0.175 e. The molecule has 0 aliphatic rings. The highest BCUT2D eigenvalue weighted by Gasteiger charge is 2.04. The molecule has 19 heavy (non-hydrogen) atoms. The minimum Gasteiger partial charge on any atom is -0.332 e. The summed E-state index contributed by atoms with van der Waals surface area (Å²) in [6.45, 7) is 4.05. The van der Waals surface area contributed by atoms with Crippen LogP contribution in [0.25, 0.3) is 0 Å². The molecule has 2 rings (SSSR count). The van der Waals surface area contributed by atoms with Crippen molar-refractivity contribution in [2.45, 2.75) is 13.8 Å². The molecule has 0 unspecified atom stereocenters. The smallest absolute Gasteiger partial charge is 0.175 e. The summed E-state index contributed by atoms with van der Waals surface area (Å²) in [7, 11) is 0. The number of aryl methyl sites for hydroxylation is 2. The maximum atomic E-state index is 5.98. The first kappa shape index (κ1) is 13.8. The number of hydrogen-bond donors (Lipinski definition) is 2. The normalized spacial score (nSPS) is 10.1. The van der Waals surface area contributed by atoms with Gasteiger partial charge in [-0.05, 0) is 55.4 Å². The Balaban J connectivity index is 2.10. The van der Waals surface area contributed by atoms with E-state index < -0.39 is 0 Å². The number of anilines is 2. The van der Waals surface area contributed by atoms with Crippen molar-refractivity contribution in [1.82, 2.24) is 0 Å². The first-order chi connectivity index (χ1) is 9.06. The Morgan fingerprint density at radius 1 is 0.947 bits per heavy atom. The van der Waals surface area contributed by atoms with E-state index in [2.05, 4.69) is 10.6 Å². The summed E-state index contributed by atoms with van der Waals surface area (Å²) in [5.41, 5.74) is 4.16. The zero-order chi connectivity index (χ0) is 13.8. The van der Waals surface area contributed by atoms with Crippen molar-refractivity contribution in [2.24, 2.45) is 0 Å². The molecule has 0 aromatic heterocycles. The van der Waals surface area contributed by atoms with E-state index in [0.29, 0.717) is 10.1 Å². The van der Waals surface area contributed by atoms with E-state index in [1.807, 2.05) is 56.3 Å². The van der Waals surface area contributed by atoms with Crippen LogP contribution in [0, 0.1) is 13.8 Å². The summed E-state index contributed by atoms with van der Waals surface area (Å²) >= 11 is 11.3. The first-order valence-electron chi connectivity index (χ1n) is 5.96. The molecule has 2 N–H and O–H groups in total. The molecule has 0 amide bonds. The first-order valence-corrected chi connectivity index (χ1v) is 6.74. The topological polar surface area (TPSA) is 24.1 Å². The SMILES string of the molecule is Cc1ccccc1NC(=S)Nc1cc(Cl)ccc1C. The molecule has 0 spiro atoms. The molecule has 0 heterocycles. The summed E-state index contributed by atoms with van der Waals surface area (Å²) in [5.74, 6) is 0. The second-order valence-electron chi connectivity index (χ2n) is 4.35. The van der Waals surface area contributed by atoms with Crippen molar-refractivity contribution >= 4 is 40.3 Å². The largest absolute Gasteiger partial charge is 0.332 e. The molecule has 0 atom stereocenters. The molecule has 0 radical (unpaired) electrons. The van der Waals surface area contributed by atoms with E-state index >= 15 is 0 Å². The van der Waals surface area contributed by atoms with Crippen LogP contribution in [0.1, 0.15) is 11.1 Å². The van der Waals surface area contributed by atoms with Gasteiger partial charge in [0, 0.05) is 16.4 Å².